The highest BCUT2D eigenvalue weighted by Crippen LogP contribution is 2.37. The van der Waals surface area contributed by atoms with E-state index in [2.05, 4.69) is 6.07 Å². The monoisotopic (exact) mass is 622 g/mol. The number of aromatic nitrogens is 2. The molecule has 0 spiro atoms. The van der Waals surface area contributed by atoms with Gasteiger partial charge in [0.15, 0.2) is 6.23 Å². The summed E-state index contributed by atoms with van der Waals surface area (Å²) >= 11 is 0. The highest BCUT2D eigenvalue weighted by atomic mass is 16.6. The highest BCUT2D eigenvalue weighted by molar-refractivity contribution is 6.02. The first-order valence-corrected chi connectivity index (χ1v) is 15.2. The predicted molar refractivity (Wildman–Crippen MR) is 181 cm³/mol. The first kappa shape index (κ1) is 33.9. The third-order valence-corrected chi connectivity index (χ3v) is 8.09. The molecule has 0 fully saturated rings. The summed E-state index contributed by atoms with van der Waals surface area (Å²) in [5.41, 5.74) is 11.2. The van der Waals surface area contributed by atoms with Crippen molar-refractivity contribution in [3.8, 4) is 34.1 Å². The maximum atomic E-state index is 12.9. The fraction of sp³-hybridized carbons (Fsp3) is 0.333. The van der Waals surface area contributed by atoms with Gasteiger partial charge in [0.2, 0.25) is 5.91 Å². The Hall–Kier alpha value is -4.98. The number of likely N-dealkylation sites (N-methyl/N-ethyl adjacent to an activating group) is 2. The van der Waals surface area contributed by atoms with Gasteiger partial charge in [-0.05, 0) is 68.4 Å². The van der Waals surface area contributed by atoms with Gasteiger partial charge in [-0.25, -0.2) is 4.98 Å². The van der Waals surface area contributed by atoms with E-state index in [1.807, 2.05) is 87.6 Å². The molecule has 10 heteroatoms. The van der Waals surface area contributed by atoms with Crippen molar-refractivity contribution in [1.29, 1.82) is 5.26 Å². The van der Waals surface area contributed by atoms with Gasteiger partial charge in [-0.2, -0.15) is 5.26 Å². The van der Waals surface area contributed by atoms with Gasteiger partial charge >= 0.3 is 5.97 Å². The van der Waals surface area contributed by atoms with E-state index in [4.69, 9.17) is 20.2 Å². The third-order valence-electron chi connectivity index (χ3n) is 8.09. The summed E-state index contributed by atoms with van der Waals surface area (Å²) < 4.78 is 13.2. The molecule has 240 valence electrons. The minimum absolute atomic E-state index is 0.0257. The Kier molecular flexibility index (Phi) is 11.0. The van der Waals surface area contributed by atoms with Gasteiger partial charge in [0.25, 0.3) is 0 Å². The zero-order valence-electron chi connectivity index (χ0n) is 27.5. The molecule has 0 bridgehead atoms. The van der Waals surface area contributed by atoms with Crippen molar-refractivity contribution in [2.45, 2.75) is 39.5 Å². The van der Waals surface area contributed by atoms with Crippen molar-refractivity contribution < 1.29 is 19.1 Å². The van der Waals surface area contributed by atoms with Crippen LogP contribution in [-0.2, 0) is 14.3 Å². The summed E-state index contributed by atoms with van der Waals surface area (Å²) in [5.74, 6) is -0.0834. The lowest BCUT2D eigenvalue weighted by Gasteiger charge is -2.21. The summed E-state index contributed by atoms with van der Waals surface area (Å²) in [6.45, 7) is 6.33. The second-order valence-corrected chi connectivity index (χ2v) is 11.7. The van der Waals surface area contributed by atoms with Crippen LogP contribution < -0.4 is 15.4 Å². The molecule has 1 amide bonds. The molecule has 0 aliphatic rings. The average molecular weight is 623 g/mol. The first-order valence-electron chi connectivity index (χ1n) is 15.2. The van der Waals surface area contributed by atoms with E-state index in [-0.39, 0.29) is 11.8 Å². The summed E-state index contributed by atoms with van der Waals surface area (Å²) in [4.78, 5) is 34.2. The van der Waals surface area contributed by atoms with Crippen LogP contribution in [0.25, 0.3) is 33.3 Å². The van der Waals surface area contributed by atoms with Gasteiger partial charge in [0.1, 0.15) is 17.4 Å². The number of methoxy groups -OCH3 is 1. The molecule has 3 atom stereocenters. The van der Waals surface area contributed by atoms with E-state index in [0.29, 0.717) is 29.2 Å². The average Bonchev–Trinajstić information content (AvgIpc) is 3.45. The van der Waals surface area contributed by atoms with Crippen LogP contribution >= 0.6 is 0 Å². The smallest absolute Gasteiger partial charge is 0.325 e. The molecule has 46 heavy (non-hydrogen) atoms. The number of nitrogens with two attached hydrogens (primary N) is 1. The number of nitrogens with zero attached hydrogens (tertiary/aromatic N) is 5. The number of esters is 1. The molecule has 0 saturated heterocycles. The van der Waals surface area contributed by atoms with Crippen LogP contribution in [0, 0.1) is 17.2 Å². The molecule has 4 aromatic rings. The van der Waals surface area contributed by atoms with E-state index >= 15 is 0 Å². The van der Waals surface area contributed by atoms with Crippen molar-refractivity contribution in [3.05, 3.63) is 78.6 Å². The molecule has 4 rings (SSSR count). The Balaban J connectivity index is 1.81. The van der Waals surface area contributed by atoms with Gasteiger partial charge in [0.05, 0.1) is 18.7 Å². The van der Waals surface area contributed by atoms with Gasteiger partial charge < -0.3 is 25.0 Å². The molecule has 0 radical (unpaired) electrons. The maximum Gasteiger partial charge on any atom is 0.325 e. The molecule has 0 aliphatic heterocycles. The zero-order chi connectivity index (χ0) is 33.5. The Bertz CT molecular complexity index is 1790. The molecule has 2 N–H and O–H groups in total. The lowest BCUT2D eigenvalue weighted by atomic mass is 10.0. The molecule has 3 unspecified atom stereocenters. The number of benzene rings is 2. The number of hydrogen-bond donors (Lipinski definition) is 1. The number of hydrogen-bond acceptors (Lipinski definition) is 8. The van der Waals surface area contributed by atoms with Gasteiger partial charge in [0, 0.05) is 60.3 Å². The molecular formula is C36H42N6O4. The van der Waals surface area contributed by atoms with Crippen molar-refractivity contribution in [2.75, 3.05) is 39.7 Å². The minimum Gasteiger partial charge on any atom is -0.497 e. The fourth-order valence-electron chi connectivity index (χ4n) is 5.01. The van der Waals surface area contributed by atoms with Crippen LogP contribution in [0.15, 0.2) is 73.1 Å². The Morgan fingerprint density at radius 1 is 1.09 bits per heavy atom. The second-order valence-electron chi connectivity index (χ2n) is 11.7. The third kappa shape index (κ3) is 7.62. The van der Waals surface area contributed by atoms with Crippen LogP contribution in [0.5, 0.6) is 5.75 Å². The second kappa shape index (κ2) is 14.9. The lowest BCUT2D eigenvalue weighted by molar-refractivity contribution is -0.155. The first-order chi connectivity index (χ1) is 22.0. The summed E-state index contributed by atoms with van der Waals surface area (Å²) in [6.07, 6.45) is 7.06. The highest BCUT2D eigenvalue weighted by Gasteiger charge is 2.25. The number of amides is 1. The largest absolute Gasteiger partial charge is 0.497 e. The minimum atomic E-state index is -0.739. The zero-order valence-corrected chi connectivity index (χ0v) is 27.5. The van der Waals surface area contributed by atoms with Crippen molar-refractivity contribution in [1.82, 2.24) is 14.5 Å². The molecule has 10 nitrogen and oxygen atoms in total. The van der Waals surface area contributed by atoms with E-state index in [1.165, 1.54) is 0 Å². The molecule has 2 aromatic carbocycles. The topological polar surface area (TPSA) is 127 Å². The molecule has 0 aliphatic carbocycles. The predicted octanol–water partition coefficient (Wildman–Crippen LogP) is 5.77. The van der Waals surface area contributed by atoms with E-state index in [9.17, 15) is 14.9 Å². The van der Waals surface area contributed by atoms with E-state index in [1.54, 1.807) is 48.9 Å². The molecular weight excluding hydrogens is 580 g/mol. The number of carbonyl (C=O) groups excluding carboxylic acids is 2. The lowest BCUT2D eigenvalue weighted by Crippen LogP contribution is -2.38. The van der Waals surface area contributed by atoms with Crippen molar-refractivity contribution in [2.24, 2.45) is 11.7 Å². The van der Waals surface area contributed by atoms with Crippen LogP contribution in [0.1, 0.15) is 39.0 Å². The van der Waals surface area contributed by atoms with E-state index in [0.717, 1.165) is 34.1 Å². The van der Waals surface area contributed by atoms with Gasteiger partial charge in [-0.1, -0.05) is 38.5 Å². The van der Waals surface area contributed by atoms with Crippen LogP contribution in [0.2, 0.25) is 0 Å². The number of carbonyl (C=O) groups is 2. The van der Waals surface area contributed by atoms with E-state index < -0.39 is 18.2 Å². The van der Waals surface area contributed by atoms with Gasteiger partial charge in [-0.3, -0.25) is 14.2 Å². The van der Waals surface area contributed by atoms with Crippen LogP contribution in [-0.4, -0.2) is 67.2 Å². The Morgan fingerprint density at radius 3 is 2.52 bits per heavy atom. The summed E-state index contributed by atoms with van der Waals surface area (Å²) in [6, 6.07) is 16.4. The molecule has 2 heterocycles. The fourth-order valence-corrected chi connectivity index (χ4v) is 5.01. The number of ether oxygens (including phenoxy) is 2. The number of anilines is 1. The quantitative estimate of drug-likeness (QED) is 0.156. The SMILES string of the molecule is CCC(C)C(N)C(=O)OC(C)n1cc(-c2cccc(C#N)c2)c2cc(-c3cc(OC)cc(N(C)C(=O)/C=C/CN(C)C)c3)cnc21. The number of rotatable bonds is 12. The molecule has 0 saturated carbocycles. The maximum absolute atomic E-state index is 12.9. The standard InChI is InChI=1S/C36H42N6O4/c1-8-23(2)34(38)36(44)46-24(3)42-22-32(26-12-9-11-25(15-26)20-37)31-18-28(21-39-35(31)42)27-16-29(19-30(17-27)45-7)41(6)33(43)13-10-14-40(4)5/h9-13,15-19,21-24,34H,8,14,38H2,1-7H3/b13-10+. The summed E-state index contributed by atoms with van der Waals surface area (Å²) in [7, 11) is 7.18. The normalized spacial score (nSPS) is 13.4. The van der Waals surface area contributed by atoms with Gasteiger partial charge in [-0.15, -0.1) is 0 Å². The van der Waals surface area contributed by atoms with Crippen molar-refractivity contribution in [3.63, 3.8) is 0 Å². The Morgan fingerprint density at radius 2 is 1.85 bits per heavy atom. The number of fused-ring (bicyclic) bond motifs is 1. The number of pyridine rings is 1. The molecule has 2 aromatic heterocycles. The van der Waals surface area contributed by atoms with Crippen LogP contribution in [0.4, 0.5) is 5.69 Å². The Labute approximate surface area is 270 Å². The van der Waals surface area contributed by atoms with Crippen molar-refractivity contribution >= 4 is 28.6 Å². The number of nitriles is 1. The summed E-state index contributed by atoms with van der Waals surface area (Å²) in [5, 5.41) is 10.4. The van der Waals surface area contributed by atoms with Crippen LogP contribution in [0.3, 0.4) is 0 Å².